The number of hydrogen-bond acceptors (Lipinski definition) is 4. The maximum Gasteiger partial charge on any atom is 0.343 e. The summed E-state index contributed by atoms with van der Waals surface area (Å²) in [5.74, 6) is 0.259. The van der Waals surface area contributed by atoms with E-state index in [1.807, 2.05) is 31.2 Å². The number of Topliss-reactive ketones (excluding diaryl/α,β-unsaturated/α-hetero) is 1. The number of carbonyl (C=O) groups excluding carboxylic acids is 2. The number of hydrogen-bond donors (Lipinski definition) is 0. The van der Waals surface area contributed by atoms with Gasteiger partial charge in [-0.1, -0.05) is 41.9 Å². The van der Waals surface area contributed by atoms with Gasteiger partial charge in [-0.2, -0.15) is 0 Å². The van der Waals surface area contributed by atoms with E-state index in [0.29, 0.717) is 33.2 Å². The molecule has 144 valence electrons. The SMILES string of the molecule is Cc1ccccc1/C=C1\Oc2c(ccc(OC(=O)c3cccc(Cl)c3)c2C)C1=O. The zero-order valence-corrected chi connectivity index (χ0v) is 16.6. The summed E-state index contributed by atoms with van der Waals surface area (Å²) < 4.78 is 11.4. The molecule has 0 saturated carbocycles. The topological polar surface area (TPSA) is 52.6 Å². The van der Waals surface area contributed by atoms with Gasteiger partial charge in [-0.15, -0.1) is 0 Å². The zero-order chi connectivity index (χ0) is 20.5. The minimum Gasteiger partial charge on any atom is -0.452 e. The Morgan fingerprint density at radius 1 is 1.03 bits per heavy atom. The van der Waals surface area contributed by atoms with Crippen LogP contribution in [0, 0.1) is 13.8 Å². The summed E-state index contributed by atoms with van der Waals surface area (Å²) in [6, 6.07) is 17.5. The van der Waals surface area contributed by atoms with E-state index in [-0.39, 0.29) is 11.5 Å². The molecular formula is C24H17ClO4. The van der Waals surface area contributed by atoms with E-state index in [1.165, 1.54) is 6.07 Å². The molecule has 0 aromatic heterocycles. The summed E-state index contributed by atoms with van der Waals surface area (Å²) >= 11 is 5.94. The van der Waals surface area contributed by atoms with Crippen molar-refractivity contribution in [3.8, 4) is 11.5 Å². The van der Waals surface area contributed by atoms with Crippen LogP contribution in [0.3, 0.4) is 0 Å². The Morgan fingerprint density at radius 3 is 2.59 bits per heavy atom. The van der Waals surface area contributed by atoms with Crippen LogP contribution in [0.25, 0.3) is 6.08 Å². The monoisotopic (exact) mass is 404 g/mol. The van der Waals surface area contributed by atoms with E-state index in [4.69, 9.17) is 21.1 Å². The molecule has 0 bridgehead atoms. The second-order valence-corrected chi connectivity index (χ2v) is 7.20. The summed E-state index contributed by atoms with van der Waals surface area (Å²) in [7, 11) is 0. The first-order valence-electron chi connectivity index (χ1n) is 9.05. The van der Waals surface area contributed by atoms with E-state index in [1.54, 1.807) is 43.3 Å². The standard InChI is InChI=1S/C24H17ClO4/c1-14-6-3-4-7-16(14)13-21-22(26)19-10-11-20(15(2)23(19)28-21)29-24(27)17-8-5-9-18(25)12-17/h3-13H,1-2H3/b21-13-. The molecule has 0 aliphatic carbocycles. The number of aryl methyl sites for hydroxylation is 1. The van der Waals surface area contributed by atoms with E-state index in [2.05, 4.69) is 0 Å². The largest absolute Gasteiger partial charge is 0.452 e. The molecule has 29 heavy (non-hydrogen) atoms. The Labute approximate surface area is 173 Å². The van der Waals surface area contributed by atoms with Crippen LogP contribution in [0.2, 0.25) is 5.02 Å². The highest BCUT2D eigenvalue weighted by Crippen LogP contribution is 2.39. The third-order valence-electron chi connectivity index (χ3n) is 4.77. The van der Waals surface area contributed by atoms with Crippen molar-refractivity contribution in [2.24, 2.45) is 0 Å². The van der Waals surface area contributed by atoms with Crippen molar-refractivity contribution in [3.63, 3.8) is 0 Å². The maximum atomic E-state index is 12.7. The minimum atomic E-state index is -0.532. The quantitative estimate of drug-likeness (QED) is 0.315. The van der Waals surface area contributed by atoms with Crippen LogP contribution in [-0.2, 0) is 0 Å². The highest BCUT2D eigenvalue weighted by Gasteiger charge is 2.30. The van der Waals surface area contributed by atoms with Crippen molar-refractivity contribution < 1.29 is 19.1 Å². The van der Waals surface area contributed by atoms with Gasteiger partial charge in [0.2, 0.25) is 5.78 Å². The molecule has 0 saturated heterocycles. The number of esters is 1. The number of rotatable bonds is 3. The number of halogens is 1. The normalized spacial score (nSPS) is 13.9. The second-order valence-electron chi connectivity index (χ2n) is 6.76. The highest BCUT2D eigenvalue weighted by atomic mass is 35.5. The maximum absolute atomic E-state index is 12.7. The van der Waals surface area contributed by atoms with E-state index in [0.717, 1.165) is 11.1 Å². The molecule has 0 unspecified atom stereocenters. The van der Waals surface area contributed by atoms with Crippen LogP contribution in [-0.4, -0.2) is 11.8 Å². The van der Waals surface area contributed by atoms with Gasteiger partial charge in [-0.25, -0.2) is 4.79 Å². The molecule has 1 aliphatic rings. The van der Waals surface area contributed by atoms with E-state index in [9.17, 15) is 9.59 Å². The summed E-state index contributed by atoms with van der Waals surface area (Å²) in [5, 5.41) is 0.449. The van der Waals surface area contributed by atoms with Crippen molar-refractivity contribution >= 4 is 29.4 Å². The van der Waals surface area contributed by atoms with Crippen LogP contribution in [0.4, 0.5) is 0 Å². The van der Waals surface area contributed by atoms with Gasteiger partial charge in [0.15, 0.2) is 5.76 Å². The predicted octanol–water partition coefficient (Wildman–Crippen LogP) is 5.79. The highest BCUT2D eigenvalue weighted by molar-refractivity contribution is 6.30. The molecule has 1 heterocycles. The first-order chi connectivity index (χ1) is 13.9. The fourth-order valence-electron chi connectivity index (χ4n) is 3.14. The molecule has 0 N–H and O–H groups in total. The van der Waals surface area contributed by atoms with Gasteiger partial charge in [0.1, 0.15) is 11.5 Å². The van der Waals surface area contributed by atoms with Crippen molar-refractivity contribution in [2.45, 2.75) is 13.8 Å². The average Bonchev–Trinajstić information content (AvgIpc) is 3.02. The van der Waals surface area contributed by atoms with Crippen molar-refractivity contribution in [3.05, 3.63) is 99.3 Å². The van der Waals surface area contributed by atoms with Gasteiger partial charge in [-0.3, -0.25) is 4.79 Å². The lowest BCUT2D eigenvalue weighted by molar-refractivity contribution is 0.0733. The van der Waals surface area contributed by atoms with Crippen LogP contribution >= 0.6 is 11.6 Å². The van der Waals surface area contributed by atoms with Crippen LogP contribution in [0.5, 0.6) is 11.5 Å². The molecule has 0 amide bonds. The van der Waals surface area contributed by atoms with Gasteiger partial charge < -0.3 is 9.47 Å². The minimum absolute atomic E-state index is 0.195. The average molecular weight is 405 g/mol. The smallest absolute Gasteiger partial charge is 0.343 e. The first kappa shape index (κ1) is 19.0. The first-order valence-corrected chi connectivity index (χ1v) is 9.43. The molecule has 4 rings (SSSR count). The molecule has 0 spiro atoms. The Bertz CT molecular complexity index is 1180. The Morgan fingerprint density at radius 2 is 1.83 bits per heavy atom. The molecule has 3 aromatic rings. The van der Waals surface area contributed by atoms with Crippen molar-refractivity contribution in [1.29, 1.82) is 0 Å². The lowest BCUT2D eigenvalue weighted by Gasteiger charge is -2.10. The Hall–Kier alpha value is -3.37. The molecule has 3 aromatic carbocycles. The third kappa shape index (κ3) is 3.67. The molecule has 0 radical (unpaired) electrons. The van der Waals surface area contributed by atoms with E-state index < -0.39 is 5.97 Å². The lowest BCUT2D eigenvalue weighted by Crippen LogP contribution is -2.09. The summed E-state index contributed by atoms with van der Waals surface area (Å²) in [4.78, 5) is 25.2. The van der Waals surface area contributed by atoms with Crippen molar-refractivity contribution in [2.75, 3.05) is 0 Å². The van der Waals surface area contributed by atoms with E-state index >= 15 is 0 Å². The van der Waals surface area contributed by atoms with Gasteiger partial charge in [0, 0.05) is 10.6 Å². The number of fused-ring (bicyclic) bond motifs is 1. The number of ketones is 1. The van der Waals surface area contributed by atoms with Crippen molar-refractivity contribution in [1.82, 2.24) is 0 Å². The number of carbonyl (C=O) groups is 2. The van der Waals surface area contributed by atoms with Gasteiger partial charge in [0.25, 0.3) is 0 Å². The molecule has 0 atom stereocenters. The fraction of sp³-hybridized carbons (Fsp3) is 0.0833. The summed E-state index contributed by atoms with van der Waals surface area (Å²) in [6.45, 7) is 3.72. The zero-order valence-electron chi connectivity index (χ0n) is 15.9. The second kappa shape index (κ2) is 7.57. The van der Waals surface area contributed by atoms with Gasteiger partial charge in [-0.05, 0) is 61.4 Å². The summed E-state index contributed by atoms with van der Waals surface area (Å²) in [6.07, 6.45) is 1.73. The Balaban J connectivity index is 1.63. The summed E-state index contributed by atoms with van der Waals surface area (Å²) in [5.41, 5.74) is 3.33. The molecule has 5 heteroatoms. The predicted molar refractivity (Wildman–Crippen MR) is 112 cm³/mol. The fourth-order valence-corrected chi connectivity index (χ4v) is 3.33. The molecule has 4 nitrogen and oxygen atoms in total. The van der Waals surface area contributed by atoms with Crippen LogP contribution < -0.4 is 9.47 Å². The van der Waals surface area contributed by atoms with Crippen LogP contribution in [0.15, 0.2) is 66.4 Å². The Kier molecular flexibility index (Phi) is 4.95. The number of benzene rings is 3. The van der Waals surface area contributed by atoms with Crippen LogP contribution in [0.1, 0.15) is 37.4 Å². The number of ether oxygens (including phenoxy) is 2. The van der Waals surface area contributed by atoms with Gasteiger partial charge >= 0.3 is 5.97 Å². The molecule has 1 aliphatic heterocycles. The van der Waals surface area contributed by atoms with Gasteiger partial charge in [0.05, 0.1) is 11.1 Å². The number of allylic oxidation sites excluding steroid dienone is 1. The molecule has 0 fully saturated rings. The molecular weight excluding hydrogens is 388 g/mol. The lowest BCUT2D eigenvalue weighted by atomic mass is 10.0. The third-order valence-corrected chi connectivity index (χ3v) is 5.01.